The Morgan fingerprint density at radius 2 is 1.82 bits per heavy atom. The van der Waals surface area contributed by atoms with Gasteiger partial charge in [0.15, 0.2) is 5.65 Å². The number of rotatable bonds is 5. The van der Waals surface area contributed by atoms with Gasteiger partial charge >= 0.3 is 6.03 Å². The number of hydrogen-bond acceptors (Lipinski definition) is 4. The van der Waals surface area contributed by atoms with Gasteiger partial charge in [-0.15, -0.1) is 10.2 Å². The number of fused-ring (bicyclic) bond motifs is 1. The lowest BCUT2D eigenvalue weighted by Crippen LogP contribution is -2.27. The van der Waals surface area contributed by atoms with Crippen LogP contribution in [-0.2, 0) is 0 Å². The summed E-state index contributed by atoms with van der Waals surface area (Å²) in [4.78, 5) is 12.0. The number of amides is 2. The monoisotopic (exact) mass is 376 g/mol. The average Bonchev–Trinajstić information content (AvgIpc) is 3.11. The molecule has 1 aromatic carbocycles. The minimum absolute atomic E-state index is 0.322. The van der Waals surface area contributed by atoms with Crippen LogP contribution in [0.4, 0.5) is 16.4 Å². The topological polar surface area (TPSA) is 97.3 Å². The average molecular weight is 376 g/mol. The number of nitrogens with one attached hydrogen (secondary N) is 2. The second kappa shape index (κ2) is 9.72. The minimum Gasteiger partial charge on any atom is -0.368 e. The van der Waals surface area contributed by atoms with Gasteiger partial charge in [0, 0.05) is 11.4 Å². The van der Waals surface area contributed by atoms with Crippen LogP contribution in [0.15, 0.2) is 79.5 Å². The van der Waals surface area contributed by atoms with Gasteiger partial charge in [0.2, 0.25) is 5.95 Å². The Kier molecular flexibility index (Phi) is 7.10. The van der Waals surface area contributed by atoms with E-state index in [4.69, 9.17) is 5.73 Å². The molecule has 0 fully saturated rings. The van der Waals surface area contributed by atoms with Gasteiger partial charge in [0.1, 0.15) is 0 Å². The van der Waals surface area contributed by atoms with Crippen molar-refractivity contribution in [2.24, 2.45) is 0 Å². The van der Waals surface area contributed by atoms with E-state index in [0.717, 1.165) is 11.3 Å². The highest BCUT2D eigenvalue weighted by Gasteiger charge is 2.09. The van der Waals surface area contributed by atoms with Crippen molar-refractivity contribution >= 4 is 23.3 Å². The quantitative estimate of drug-likeness (QED) is 0.576. The van der Waals surface area contributed by atoms with Crippen molar-refractivity contribution in [2.75, 3.05) is 11.1 Å². The maximum absolute atomic E-state index is 12.0. The summed E-state index contributed by atoms with van der Waals surface area (Å²) in [5, 5.41) is 13.3. The molecule has 2 heterocycles. The van der Waals surface area contributed by atoms with Crippen LogP contribution in [0.5, 0.6) is 0 Å². The first-order chi connectivity index (χ1) is 13.6. The van der Waals surface area contributed by atoms with Crippen LogP contribution < -0.4 is 16.4 Å². The van der Waals surface area contributed by atoms with Gasteiger partial charge in [0.25, 0.3) is 0 Å². The SMILES string of the molecule is C=C/C=C(\C=C)NC(=O)Nc1ccc(-c2cccc3nnc(N)n23)cc1.CC. The van der Waals surface area contributed by atoms with E-state index in [1.807, 2.05) is 44.2 Å². The maximum atomic E-state index is 12.0. The van der Waals surface area contributed by atoms with Crippen LogP contribution in [0, 0.1) is 0 Å². The molecule has 2 aromatic heterocycles. The molecular formula is C21H24N6O. The first-order valence-corrected chi connectivity index (χ1v) is 8.85. The van der Waals surface area contributed by atoms with Gasteiger partial charge in [0.05, 0.1) is 5.69 Å². The third-order valence-electron chi connectivity index (χ3n) is 3.67. The predicted octanol–water partition coefficient (Wildman–Crippen LogP) is 4.38. The van der Waals surface area contributed by atoms with E-state index < -0.39 is 0 Å². The minimum atomic E-state index is -0.365. The fourth-order valence-electron chi connectivity index (χ4n) is 2.49. The number of aromatic nitrogens is 3. The Balaban J connectivity index is 0.00000136. The van der Waals surface area contributed by atoms with Crippen molar-refractivity contribution in [1.82, 2.24) is 19.9 Å². The first-order valence-electron chi connectivity index (χ1n) is 8.85. The molecule has 2 amide bonds. The molecule has 0 saturated carbocycles. The highest BCUT2D eigenvalue weighted by Crippen LogP contribution is 2.23. The molecule has 3 rings (SSSR count). The summed E-state index contributed by atoms with van der Waals surface area (Å²) in [7, 11) is 0. The standard InChI is InChI=1S/C19H18N6O.C2H6/c1-3-6-14(4-2)21-19(26)22-15-11-9-13(10-12-15)16-7-5-8-17-23-24-18(20)25(16)17;1-2/h3-12H,1-2H2,(H2,20,24)(H2,21,22,26);1-2H3/b14-6+;. The molecule has 144 valence electrons. The maximum Gasteiger partial charge on any atom is 0.323 e. The number of benzene rings is 1. The summed E-state index contributed by atoms with van der Waals surface area (Å²) in [5.41, 5.74) is 9.57. The van der Waals surface area contributed by atoms with E-state index in [0.29, 0.717) is 23.0 Å². The second-order valence-corrected chi connectivity index (χ2v) is 5.38. The number of nitrogen functional groups attached to an aromatic ring is 1. The van der Waals surface area contributed by atoms with Crippen molar-refractivity contribution in [2.45, 2.75) is 13.8 Å². The molecule has 0 aliphatic carbocycles. The van der Waals surface area contributed by atoms with E-state index >= 15 is 0 Å². The van der Waals surface area contributed by atoms with Crippen LogP contribution in [-0.4, -0.2) is 20.6 Å². The lowest BCUT2D eigenvalue weighted by molar-refractivity contribution is 0.254. The zero-order valence-corrected chi connectivity index (χ0v) is 16.0. The van der Waals surface area contributed by atoms with Crippen molar-refractivity contribution in [1.29, 1.82) is 0 Å². The number of anilines is 2. The van der Waals surface area contributed by atoms with E-state index in [9.17, 15) is 4.79 Å². The number of pyridine rings is 1. The molecular weight excluding hydrogens is 352 g/mol. The van der Waals surface area contributed by atoms with E-state index in [1.54, 1.807) is 28.7 Å². The molecule has 0 bridgehead atoms. The number of allylic oxidation sites excluding steroid dienone is 3. The summed E-state index contributed by atoms with van der Waals surface area (Å²) in [6.07, 6.45) is 4.76. The van der Waals surface area contributed by atoms with E-state index in [2.05, 4.69) is 34.0 Å². The smallest absolute Gasteiger partial charge is 0.323 e. The fourth-order valence-corrected chi connectivity index (χ4v) is 2.49. The van der Waals surface area contributed by atoms with Crippen molar-refractivity contribution < 1.29 is 4.79 Å². The highest BCUT2D eigenvalue weighted by atomic mass is 16.2. The molecule has 0 spiro atoms. The predicted molar refractivity (Wildman–Crippen MR) is 115 cm³/mol. The summed E-state index contributed by atoms with van der Waals surface area (Å²) in [6, 6.07) is 12.7. The second-order valence-electron chi connectivity index (χ2n) is 5.38. The molecule has 0 saturated heterocycles. The molecule has 0 aliphatic heterocycles. The zero-order valence-electron chi connectivity index (χ0n) is 16.0. The summed E-state index contributed by atoms with van der Waals surface area (Å²) in [6.45, 7) is 11.2. The van der Waals surface area contributed by atoms with Gasteiger partial charge in [-0.25, -0.2) is 4.79 Å². The molecule has 0 aliphatic rings. The molecule has 0 unspecified atom stereocenters. The van der Waals surface area contributed by atoms with Crippen molar-refractivity contribution in [3.05, 3.63) is 79.5 Å². The van der Waals surface area contributed by atoms with Crippen molar-refractivity contribution in [3.63, 3.8) is 0 Å². The Labute approximate surface area is 164 Å². The van der Waals surface area contributed by atoms with Gasteiger partial charge in [-0.2, -0.15) is 0 Å². The van der Waals surface area contributed by atoms with Crippen LogP contribution >= 0.6 is 0 Å². The molecule has 28 heavy (non-hydrogen) atoms. The molecule has 0 radical (unpaired) electrons. The van der Waals surface area contributed by atoms with Crippen molar-refractivity contribution in [3.8, 4) is 11.3 Å². The zero-order chi connectivity index (χ0) is 20.5. The Bertz CT molecular complexity index is 1000. The third-order valence-corrected chi connectivity index (χ3v) is 3.67. The highest BCUT2D eigenvalue weighted by molar-refractivity contribution is 5.91. The molecule has 4 N–H and O–H groups in total. The van der Waals surface area contributed by atoms with E-state index in [1.165, 1.54) is 6.08 Å². The molecule has 7 heteroatoms. The summed E-state index contributed by atoms with van der Waals surface area (Å²) in [5.74, 6) is 0.322. The van der Waals surface area contributed by atoms with Gasteiger partial charge < -0.3 is 16.4 Å². The number of urea groups is 1. The lowest BCUT2D eigenvalue weighted by Gasteiger charge is -2.10. The van der Waals surface area contributed by atoms with Crippen LogP contribution in [0.3, 0.4) is 0 Å². The summed E-state index contributed by atoms with van der Waals surface area (Å²) >= 11 is 0. The number of carbonyl (C=O) groups is 1. The van der Waals surface area contributed by atoms with E-state index in [-0.39, 0.29) is 6.03 Å². The number of carbonyl (C=O) groups excluding carboxylic acids is 1. The number of hydrogen-bond donors (Lipinski definition) is 3. The third kappa shape index (κ3) is 4.64. The summed E-state index contributed by atoms with van der Waals surface area (Å²) < 4.78 is 1.77. The molecule has 7 nitrogen and oxygen atoms in total. The Hall–Kier alpha value is -3.87. The lowest BCUT2D eigenvalue weighted by atomic mass is 10.1. The Morgan fingerprint density at radius 1 is 1.11 bits per heavy atom. The molecule has 3 aromatic rings. The van der Waals surface area contributed by atoms with Crippen LogP contribution in [0.2, 0.25) is 0 Å². The normalized spacial score (nSPS) is 10.6. The number of nitrogens with two attached hydrogens (primary N) is 1. The van der Waals surface area contributed by atoms with Gasteiger partial charge in [-0.3, -0.25) is 4.40 Å². The van der Waals surface area contributed by atoms with Gasteiger partial charge in [-0.05, 0) is 42.0 Å². The Morgan fingerprint density at radius 3 is 2.46 bits per heavy atom. The largest absolute Gasteiger partial charge is 0.368 e. The van der Waals surface area contributed by atoms with Crippen LogP contribution in [0.1, 0.15) is 13.8 Å². The van der Waals surface area contributed by atoms with Gasteiger partial charge in [-0.1, -0.05) is 51.3 Å². The van der Waals surface area contributed by atoms with Crippen LogP contribution in [0.25, 0.3) is 16.9 Å². The fraction of sp³-hybridized carbons (Fsp3) is 0.0952. The number of nitrogens with zero attached hydrogens (tertiary/aromatic N) is 3. The molecule has 0 atom stereocenters. The first kappa shape index (κ1) is 20.4.